The topological polar surface area (TPSA) is 433 Å². The van der Waals surface area contributed by atoms with Crippen molar-refractivity contribution in [2.45, 2.75) is 61.8 Å². The van der Waals surface area contributed by atoms with Gasteiger partial charge >= 0.3 is 11.9 Å². The average molecular weight is 1490 g/mol. The number of hydrogen-bond acceptors (Lipinski definition) is 33. The molecule has 0 radical (unpaired) electrons. The van der Waals surface area contributed by atoms with Crippen LogP contribution in [0.15, 0.2) is 230 Å². The summed E-state index contributed by atoms with van der Waals surface area (Å²) in [5.41, 5.74) is 8.34. The molecule has 0 fully saturated rings. The third-order valence-electron chi connectivity index (χ3n) is 12.8. The lowest BCUT2D eigenvalue weighted by Gasteiger charge is -2.06. The van der Waals surface area contributed by atoms with Gasteiger partial charge in [0.1, 0.15) is 34.1 Å². The van der Waals surface area contributed by atoms with E-state index >= 15 is 0 Å². The van der Waals surface area contributed by atoms with Crippen LogP contribution in [0.2, 0.25) is 0 Å². The zero-order chi connectivity index (χ0) is 69.9. The van der Waals surface area contributed by atoms with Crippen molar-refractivity contribution in [1.82, 2.24) is 126 Å². The van der Waals surface area contributed by atoms with E-state index in [-0.39, 0.29) is 28.3 Å². The Morgan fingerprint density at radius 1 is 0.370 bits per heavy atom. The Balaban J connectivity index is 0.000000136. The van der Waals surface area contributed by atoms with Crippen molar-refractivity contribution < 1.29 is 34.9 Å². The Morgan fingerprint density at radius 2 is 0.680 bits per heavy atom. The Labute approximate surface area is 594 Å². The maximum Gasteiger partial charge on any atom is 0.335 e. The minimum atomic E-state index is -0.989. The lowest BCUT2D eigenvalue weighted by atomic mass is 10.2. The molecule has 4 N–H and O–H groups in total. The molecule has 0 atom stereocenters. The molecule has 14 rings (SSSR count). The molecule has 0 bridgehead atoms. The predicted molar refractivity (Wildman–Crippen MR) is 371 cm³/mol. The van der Waals surface area contributed by atoms with E-state index in [2.05, 4.69) is 97.8 Å². The van der Waals surface area contributed by atoms with E-state index in [1.54, 1.807) is 110 Å². The number of aromatic nitrogens is 25. The van der Waals surface area contributed by atoms with Crippen LogP contribution in [0.5, 0.6) is 11.5 Å². The summed E-state index contributed by atoms with van der Waals surface area (Å²) in [7, 11) is 10.8. The summed E-state index contributed by atoms with van der Waals surface area (Å²) in [5, 5.41) is 119. The Hall–Kier alpha value is -11.2. The molecule has 0 saturated heterocycles. The molecule has 0 aliphatic carbocycles. The summed E-state index contributed by atoms with van der Waals surface area (Å²) in [4.78, 5) is 40.2. The first-order chi connectivity index (χ1) is 48.6. The van der Waals surface area contributed by atoms with Crippen molar-refractivity contribution >= 4 is 104 Å². The predicted octanol–water partition coefficient (Wildman–Crippen LogP) is 10.8. The van der Waals surface area contributed by atoms with E-state index in [0.29, 0.717) is 47.3 Å². The quantitative estimate of drug-likeness (QED) is 0.0295. The van der Waals surface area contributed by atoms with Crippen LogP contribution in [-0.4, -0.2) is 163 Å². The van der Waals surface area contributed by atoms with Crippen molar-refractivity contribution in [2.24, 2.45) is 0 Å². The standard InChI is InChI=1S/2C16H12N8O2S2.C15H11N7O2S2.C11H9N3O2S2/c2*1-10-2-6-12(7-3-10)23-15(17-19-21-23)27-28-16-18-20-22-24(16)13-8-4-11(5-9-13)14(25)26;23-12-5-1-10(2-6-12)21-9-16-17-14(21)25-26-15-18-19-20-22(15)11-3-7-13(24)8-4-11;1-8-2-4-10(12-6-8)17-18-11-5-3-9(7-13-11)14(15)16/h2*2-9H,1H3,(H,25,26);1-9,23-24H;2-7H,1H3. The summed E-state index contributed by atoms with van der Waals surface area (Å²) in [5.74, 6) is -1.61. The van der Waals surface area contributed by atoms with Gasteiger partial charge in [-0.15, -0.1) is 35.7 Å². The van der Waals surface area contributed by atoms with Gasteiger partial charge in [-0.1, -0.05) is 41.5 Å². The van der Waals surface area contributed by atoms with Crippen LogP contribution in [0.4, 0.5) is 5.69 Å². The van der Waals surface area contributed by atoms with Gasteiger partial charge in [-0.2, -0.15) is 23.4 Å². The van der Waals surface area contributed by atoms with Crippen LogP contribution in [0, 0.1) is 30.9 Å². The Bertz CT molecular complexity index is 4750. The second-order valence-corrected chi connectivity index (χ2v) is 28.1. The number of rotatable bonds is 21. The number of aromatic carboxylic acids is 2. The highest BCUT2D eigenvalue weighted by Crippen LogP contribution is 2.40. The Kier molecular flexibility index (Phi) is 23.8. The molecule has 42 heteroatoms. The molecule has 100 heavy (non-hydrogen) atoms. The minimum absolute atomic E-state index is 0.00203. The summed E-state index contributed by atoms with van der Waals surface area (Å²) in [6.45, 7) is 6.00. The fourth-order valence-corrected chi connectivity index (χ4v) is 15.0. The lowest BCUT2D eigenvalue weighted by molar-refractivity contribution is -0.385. The molecule has 0 aliphatic heterocycles. The van der Waals surface area contributed by atoms with E-state index in [0.717, 1.165) is 44.5 Å². The molecule has 0 unspecified atom stereocenters. The Morgan fingerprint density at radius 3 is 1.00 bits per heavy atom. The molecular weight excluding hydrogens is 1450 g/mol. The van der Waals surface area contributed by atoms with Crippen LogP contribution < -0.4 is 0 Å². The van der Waals surface area contributed by atoms with Crippen LogP contribution in [0.1, 0.15) is 37.4 Å². The average Bonchev–Trinajstić information content (AvgIpc) is 1.65. The normalized spacial score (nSPS) is 10.8. The number of phenols is 2. The summed E-state index contributed by atoms with van der Waals surface area (Å²) in [6.07, 6.45) is 4.65. The molecule has 8 aromatic heterocycles. The molecule has 0 amide bonds. The monoisotopic (exact) mass is 1490 g/mol. The number of carboxylic acids is 2. The van der Waals surface area contributed by atoms with Gasteiger partial charge in [-0.3, -0.25) is 14.7 Å². The lowest BCUT2D eigenvalue weighted by Crippen LogP contribution is -2.01. The zero-order valence-corrected chi connectivity index (χ0v) is 57.7. The van der Waals surface area contributed by atoms with E-state index in [4.69, 9.17) is 10.2 Å². The second-order valence-electron chi connectivity index (χ2n) is 19.7. The largest absolute Gasteiger partial charge is 0.508 e. The molecule has 0 saturated carbocycles. The second kappa shape index (κ2) is 33.9. The SMILES string of the molecule is Cc1ccc(-n2nnnc2SSc2nnnn2-c2ccc(C(=O)O)cc2)cc1.Cc1ccc(-n2nnnc2SSc2nnnn2-c2ccc(C(=O)O)cc2)cc1.Cc1ccc(SSc2ccc([N+](=O)[O-])cn2)nc1.Oc1ccc(-n2cnnc2SSc2nnnn2-c2ccc(O)cc2)cc1. The molecule has 34 nitrogen and oxygen atoms in total. The fraction of sp³-hybridized carbons (Fsp3) is 0.0517. The van der Waals surface area contributed by atoms with E-state index in [1.807, 2.05) is 81.4 Å². The van der Waals surface area contributed by atoms with E-state index in [9.17, 15) is 29.9 Å². The molecule has 502 valence electrons. The van der Waals surface area contributed by atoms with Crippen molar-refractivity contribution in [1.29, 1.82) is 0 Å². The molecule has 0 spiro atoms. The third-order valence-corrected chi connectivity index (χ3v) is 21.1. The molecule has 8 heterocycles. The zero-order valence-electron chi connectivity index (χ0n) is 51.2. The fourth-order valence-electron chi connectivity index (χ4n) is 7.83. The number of aryl methyl sites for hydroxylation is 3. The van der Waals surface area contributed by atoms with E-state index in [1.165, 1.54) is 132 Å². The summed E-state index contributed by atoms with van der Waals surface area (Å²) >= 11 is 0. The first kappa shape index (κ1) is 70.2. The van der Waals surface area contributed by atoms with Gasteiger partial charge in [0.2, 0.25) is 30.9 Å². The summed E-state index contributed by atoms with van der Waals surface area (Å²) < 4.78 is 9.66. The number of aromatic hydroxyl groups is 2. The van der Waals surface area contributed by atoms with E-state index < -0.39 is 16.9 Å². The maximum atomic E-state index is 11.0. The first-order valence-electron chi connectivity index (χ1n) is 28.2. The number of nitro groups is 1. The minimum Gasteiger partial charge on any atom is -0.508 e. The van der Waals surface area contributed by atoms with Gasteiger partial charge in [0, 0.05) is 18.0 Å². The molecule has 6 aromatic carbocycles. The van der Waals surface area contributed by atoms with Crippen LogP contribution >= 0.6 is 86.4 Å². The number of hydrogen-bond donors (Lipinski definition) is 4. The highest BCUT2D eigenvalue weighted by molar-refractivity contribution is 8.77. The highest BCUT2D eigenvalue weighted by Gasteiger charge is 2.19. The van der Waals surface area contributed by atoms with Gasteiger partial charge in [0.05, 0.1) is 44.5 Å². The number of phenolic OH excluding ortho intramolecular Hbond substituents is 2. The van der Waals surface area contributed by atoms with Gasteiger partial charge in [-0.05, 0) is 298 Å². The number of tetrazole rings is 5. The van der Waals surface area contributed by atoms with Crippen LogP contribution in [-0.2, 0) is 0 Å². The van der Waals surface area contributed by atoms with Crippen molar-refractivity contribution in [2.75, 3.05) is 0 Å². The molecule has 0 aliphatic rings. The summed E-state index contributed by atoms with van der Waals surface area (Å²) in [6, 6.07) is 48.6. The van der Waals surface area contributed by atoms with Gasteiger partial charge < -0.3 is 20.4 Å². The number of carboxylic acid groups (broad SMARTS) is 2. The smallest absolute Gasteiger partial charge is 0.335 e. The van der Waals surface area contributed by atoms with Crippen LogP contribution in [0.3, 0.4) is 0 Å². The van der Waals surface area contributed by atoms with Crippen LogP contribution in [0.25, 0.3) is 34.1 Å². The van der Waals surface area contributed by atoms with Crippen molar-refractivity contribution in [3.63, 3.8) is 0 Å². The van der Waals surface area contributed by atoms with Gasteiger partial charge in [0.25, 0.3) is 5.69 Å². The number of carbonyl (C=O) groups is 2. The number of pyridine rings is 2. The van der Waals surface area contributed by atoms with Gasteiger partial charge in [0.15, 0.2) is 0 Å². The number of nitrogens with zero attached hydrogens (tertiary/aromatic N) is 26. The maximum absolute atomic E-state index is 11.0. The van der Waals surface area contributed by atoms with Crippen molar-refractivity contribution in [3.05, 3.63) is 227 Å². The van der Waals surface area contributed by atoms with Gasteiger partial charge in [-0.25, -0.2) is 19.6 Å². The molecular formula is C58H44N26O8S8. The highest BCUT2D eigenvalue weighted by atomic mass is 33.1. The van der Waals surface area contributed by atoms with Crippen molar-refractivity contribution in [3.8, 4) is 45.6 Å². The number of benzene rings is 6. The first-order valence-corrected chi connectivity index (χ1v) is 36.8. The third kappa shape index (κ3) is 18.7. The molecule has 14 aromatic rings.